The van der Waals surface area contributed by atoms with E-state index >= 15 is 0 Å². The topological polar surface area (TPSA) is 0 Å². The molecule has 80 heavy (non-hydrogen) atoms. The van der Waals surface area contributed by atoms with E-state index in [4.69, 9.17) is 0 Å². The first-order valence-corrected chi connectivity index (χ1v) is 31.7. The second-order valence-corrected chi connectivity index (χ2v) is 26.1. The van der Waals surface area contributed by atoms with E-state index in [-0.39, 0.29) is 0 Å². The van der Waals surface area contributed by atoms with Crippen molar-refractivity contribution in [3.05, 3.63) is 250 Å². The molecule has 7 aromatic rings. The zero-order chi connectivity index (χ0) is 52.4. The number of hydrogen-bond donors (Lipinski definition) is 0. The lowest BCUT2D eigenvalue weighted by atomic mass is 9.88. The summed E-state index contributed by atoms with van der Waals surface area (Å²) in [6, 6.07) is 46.5. The quantitative estimate of drug-likeness (QED) is 0.142. The molecule has 7 aromatic carbocycles. The van der Waals surface area contributed by atoms with Crippen molar-refractivity contribution < 1.29 is 0 Å². The van der Waals surface area contributed by atoms with Crippen LogP contribution in [0.25, 0.3) is 61.2 Å². The van der Waals surface area contributed by atoms with Crippen molar-refractivity contribution in [1.82, 2.24) is 0 Å². The molecule has 0 atom stereocenters. The molecule has 0 unspecified atom stereocenters. The van der Waals surface area contributed by atoms with Gasteiger partial charge in [-0.3, -0.25) is 0 Å². The minimum absolute atomic E-state index is 1.13. The molecule has 0 saturated heterocycles. The third-order valence-electron chi connectivity index (χ3n) is 21.6. The van der Waals surface area contributed by atoms with E-state index in [2.05, 4.69) is 133 Å². The maximum Gasteiger partial charge on any atom is -0.00132 e. The Labute approximate surface area is 475 Å². The highest BCUT2D eigenvalue weighted by Crippen LogP contribution is 2.53. The molecule has 0 radical (unpaired) electrons. The molecule has 0 nitrogen and oxygen atoms in total. The molecule has 0 N–H and O–H groups in total. The van der Waals surface area contributed by atoms with Crippen LogP contribution in [-0.2, 0) is 51.4 Å². The largest absolute Gasteiger partial charge is 0.0839 e. The molecule has 0 heterocycles. The number of rotatable bonds is 0. The Morgan fingerprint density at radius 1 is 0.237 bits per heavy atom. The van der Waals surface area contributed by atoms with Gasteiger partial charge in [0, 0.05) is 0 Å². The predicted octanol–water partition coefficient (Wildman–Crippen LogP) is 20.7. The van der Waals surface area contributed by atoms with Gasteiger partial charge in [0.2, 0.25) is 0 Å². The van der Waals surface area contributed by atoms with Crippen molar-refractivity contribution in [3.63, 3.8) is 0 Å². The van der Waals surface area contributed by atoms with E-state index in [1.165, 1.54) is 192 Å². The lowest BCUT2D eigenvalue weighted by molar-refractivity contribution is 0.711. The van der Waals surface area contributed by atoms with Crippen LogP contribution in [0.3, 0.4) is 0 Å². The summed E-state index contributed by atoms with van der Waals surface area (Å²) in [6.45, 7) is 0. The van der Waals surface area contributed by atoms with Gasteiger partial charge in [-0.15, -0.1) is 0 Å². The van der Waals surface area contributed by atoms with Crippen LogP contribution in [0.4, 0.5) is 0 Å². The van der Waals surface area contributed by atoms with Gasteiger partial charge in [0.1, 0.15) is 0 Å². The maximum absolute atomic E-state index is 2.51. The lowest BCUT2D eigenvalue weighted by Crippen LogP contribution is -1.96. The van der Waals surface area contributed by atoms with Crippen LogP contribution in [0.2, 0.25) is 0 Å². The van der Waals surface area contributed by atoms with E-state index in [1.54, 1.807) is 134 Å². The zero-order valence-corrected chi connectivity index (χ0v) is 47.1. The monoisotopic (exact) mass is 1030 g/mol. The van der Waals surface area contributed by atoms with Gasteiger partial charge in [-0.1, -0.05) is 144 Å². The Balaban J connectivity index is 0.0000000853. The number of allylic oxidation sites excluding steroid dienone is 12. The normalized spacial score (nSPS) is 19.6. The summed E-state index contributed by atoms with van der Waals surface area (Å²) < 4.78 is 0. The molecule has 0 saturated carbocycles. The van der Waals surface area contributed by atoms with E-state index in [0.717, 1.165) is 19.3 Å². The van der Waals surface area contributed by atoms with E-state index in [0.29, 0.717) is 0 Å². The highest BCUT2D eigenvalue weighted by molar-refractivity contribution is 5.94. The van der Waals surface area contributed by atoms with Crippen LogP contribution in [-0.4, -0.2) is 0 Å². The van der Waals surface area contributed by atoms with Crippen molar-refractivity contribution in [1.29, 1.82) is 0 Å². The van der Waals surface area contributed by atoms with Crippen molar-refractivity contribution in [2.24, 2.45) is 0 Å². The molecule has 0 amide bonds. The first-order valence-electron chi connectivity index (χ1n) is 31.7. The summed E-state index contributed by atoms with van der Waals surface area (Å²) in [4.78, 5) is 0. The van der Waals surface area contributed by atoms with Crippen LogP contribution in [0.1, 0.15) is 205 Å². The number of hydrogen-bond acceptors (Lipinski definition) is 0. The van der Waals surface area contributed by atoms with Crippen molar-refractivity contribution in [2.75, 3.05) is 0 Å². The van der Waals surface area contributed by atoms with Crippen LogP contribution in [0.5, 0.6) is 0 Å². The summed E-state index contributed by atoms with van der Waals surface area (Å²) in [5, 5.41) is 0. The molecule has 394 valence electrons. The van der Waals surface area contributed by atoms with Gasteiger partial charge in [-0.05, 0) is 335 Å². The molecule has 0 aliphatic heterocycles. The van der Waals surface area contributed by atoms with Crippen LogP contribution in [0.15, 0.2) is 161 Å². The van der Waals surface area contributed by atoms with E-state index < -0.39 is 0 Å². The van der Waals surface area contributed by atoms with Gasteiger partial charge >= 0.3 is 0 Å². The number of fused-ring (bicyclic) bond motifs is 21. The first-order chi connectivity index (χ1) is 39.6. The molecule has 0 heteroatoms. The van der Waals surface area contributed by atoms with E-state index in [1.807, 2.05) is 0 Å². The summed E-state index contributed by atoms with van der Waals surface area (Å²) >= 11 is 0. The maximum atomic E-state index is 2.51. The summed E-state index contributed by atoms with van der Waals surface area (Å²) in [7, 11) is 0. The SMILES string of the molecule is C1=CC2=C(CC1)c1c(ccc3c1CC1=C3CCCC1)C2.c1ccc2c(c1)Cc1cc3c(cc1-2)C1=C(CCCC1)C3.c1ccc2c(c1)Cc1cc3c(cc1-2)CC1=C3CCCC1.c1ccc2c(c1)Cc1ccc3c(c1-2)C1=C(CCCC1)C3. The number of benzene rings is 7. The van der Waals surface area contributed by atoms with Crippen LogP contribution in [0, 0.1) is 0 Å². The first kappa shape index (κ1) is 47.8. The average molecular weight is 1040 g/mol. The highest BCUT2D eigenvalue weighted by atomic mass is 14.4. The summed E-state index contributed by atoms with van der Waals surface area (Å²) in [5.74, 6) is 0. The Bertz CT molecular complexity index is 4040. The Morgan fingerprint density at radius 3 is 1.38 bits per heavy atom. The van der Waals surface area contributed by atoms with Crippen LogP contribution < -0.4 is 0 Å². The molecule has 13 aliphatic carbocycles. The molecule has 0 aromatic heterocycles. The Morgan fingerprint density at radius 2 is 0.688 bits per heavy atom. The lowest BCUT2D eigenvalue weighted by Gasteiger charge is -2.16. The second-order valence-electron chi connectivity index (χ2n) is 26.1. The summed E-state index contributed by atoms with van der Waals surface area (Å²) in [5.41, 5.74) is 51.4. The van der Waals surface area contributed by atoms with Crippen molar-refractivity contribution >= 4 is 27.9 Å². The predicted molar refractivity (Wildman–Crippen MR) is 336 cm³/mol. The average Bonchev–Trinajstić information content (AvgIpc) is 4.46. The fourth-order valence-corrected chi connectivity index (χ4v) is 18.0. The third-order valence-corrected chi connectivity index (χ3v) is 21.6. The minimum atomic E-state index is 1.13. The molecular weight excluding hydrogens is 961 g/mol. The van der Waals surface area contributed by atoms with Gasteiger partial charge < -0.3 is 0 Å². The van der Waals surface area contributed by atoms with Gasteiger partial charge in [0.05, 0.1) is 0 Å². The van der Waals surface area contributed by atoms with Crippen molar-refractivity contribution in [2.45, 2.75) is 167 Å². The fraction of sp³-hybridized carbons (Fsp3) is 0.325. The summed E-state index contributed by atoms with van der Waals surface area (Å²) in [6.07, 6.45) is 38.5. The standard InChI is InChI=1S/C20H20.3C20H18/c1-3-7-16-14(6-1)12-19-18(16)10-9-15-11-13-5-2-4-8-17(13)20(15)19;1-3-7-17-13(5-1)9-15-11-20-16(12-19(15)17)10-14-6-2-4-8-18(14)20;1-3-7-17-13(5-1)9-15-11-16-10-14-6-2-4-8-18(14)20(16)12-19(15)17;1-3-7-17-13(5-1)11-15-9-10-16-12-14-6-2-4-8-18(14)20(16)19(15)17/h2,5,9-10H,1,3-4,6-8,11-12H2;2*1,3,5,7,11-12H,2,4,6,8-10H2;1,3,5,7,9-10H,2,4,6,8,11-12H2. The van der Waals surface area contributed by atoms with Crippen molar-refractivity contribution in [3.8, 4) is 33.4 Å². The molecule has 0 fully saturated rings. The van der Waals surface area contributed by atoms with Gasteiger partial charge in [0.15, 0.2) is 0 Å². The minimum Gasteiger partial charge on any atom is -0.0839 e. The molecule has 0 bridgehead atoms. The second kappa shape index (κ2) is 19.3. The molecular formula is C80H74. The zero-order valence-electron chi connectivity index (χ0n) is 47.1. The van der Waals surface area contributed by atoms with Gasteiger partial charge in [0.25, 0.3) is 0 Å². The van der Waals surface area contributed by atoms with Gasteiger partial charge in [-0.25, -0.2) is 0 Å². The van der Waals surface area contributed by atoms with E-state index in [9.17, 15) is 0 Å². The third kappa shape index (κ3) is 7.81. The van der Waals surface area contributed by atoms with Crippen LogP contribution >= 0.6 is 0 Å². The smallest absolute Gasteiger partial charge is 0.00132 e. The fourth-order valence-electron chi connectivity index (χ4n) is 18.0. The Kier molecular flexibility index (Phi) is 11.5. The highest BCUT2D eigenvalue weighted by Gasteiger charge is 2.34. The van der Waals surface area contributed by atoms with Gasteiger partial charge in [-0.2, -0.15) is 0 Å². The molecule has 0 spiro atoms. The molecule has 13 aliphatic rings. The molecule has 20 rings (SSSR count). The Hall–Kier alpha value is -7.02.